The number of rotatable bonds is 7. The molecule has 0 bridgehead atoms. The summed E-state index contributed by atoms with van der Waals surface area (Å²) in [5, 5.41) is 44.3. The summed E-state index contributed by atoms with van der Waals surface area (Å²) >= 11 is 0. The van der Waals surface area contributed by atoms with E-state index in [9.17, 15) is 30.0 Å². The monoisotopic (exact) mass is 458 g/mol. The van der Waals surface area contributed by atoms with Gasteiger partial charge in [0.15, 0.2) is 0 Å². The van der Waals surface area contributed by atoms with Crippen molar-refractivity contribution in [3.8, 4) is 0 Å². The number of aliphatic hydroxyl groups is 2. The first-order chi connectivity index (χ1) is 16.2. The average molecular weight is 459 g/mol. The van der Waals surface area contributed by atoms with Crippen LogP contribution < -0.4 is 0 Å². The minimum absolute atomic E-state index is 0.112. The average Bonchev–Trinajstić information content (AvgIpc) is 2.79. The van der Waals surface area contributed by atoms with Gasteiger partial charge in [-0.2, -0.15) is 0 Å². The largest absolute Gasteiger partial charge is 0.478 e. The molecule has 2 aliphatic carbocycles. The number of hydrogen-bond donors (Lipinski definition) is 4. The predicted molar refractivity (Wildman–Crippen MR) is 129 cm³/mol. The minimum Gasteiger partial charge on any atom is -0.478 e. The quantitative estimate of drug-likeness (QED) is 0.464. The molecule has 0 saturated carbocycles. The zero-order valence-corrected chi connectivity index (χ0v) is 18.5. The fourth-order valence-electron chi connectivity index (χ4n) is 5.58. The molecule has 6 heteroatoms. The molecule has 0 saturated heterocycles. The highest BCUT2D eigenvalue weighted by Gasteiger charge is 2.58. The molecule has 4 N–H and O–H groups in total. The van der Waals surface area contributed by atoms with Crippen molar-refractivity contribution in [1.29, 1.82) is 0 Å². The van der Waals surface area contributed by atoms with E-state index in [1.807, 2.05) is 0 Å². The highest BCUT2D eigenvalue weighted by atomic mass is 16.4. The van der Waals surface area contributed by atoms with E-state index in [0.29, 0.717) is 22.3 Å². The molecule has 0 heterocycles. The SMILES string of the molecule is C=CCC1(O)C(C(=O)O)=Cc2ccccc2C1C1c2ccccc2C=C(C(=O)O)C1(O)CC=C. The predicted octanol–water partition coefficient (Wildman–Crippen LogP) is 4.13. The van der Waals surface area contributed by atoms with Gasteiger partial charge in [-0.05, 0) is 47.2 Å². The Balaban J connectivity index is 2.12. The van der Waals surface area contributed by atoms with Crippen LogP contribution in [0.5, 0.6) is 0 Å². The molecular weight excluding hydrogens is 432 g/mol. The molecule has 34 heavy (non-hydrogen) atoms. The molecule has 2 aromatic rings. The number of carboxylic acids is 2. The van der Waals surface area contributed by atoms with Crippen LogP contribution in [0.4, 0.5) is 0 Å². The molecule has 6 nitrogen and oxygen atoms in total. The first kappa shape index (κ1) is 23.4. The number of hydrogen-bond acceptors (Lipinski definition) is 4. The van der Waals surface area contributed by atoms with Crippen molar-refractivity contribution >= 4 is 24.1 Å². The summed E-state index contributed by atoms with van der Waals surface area (Å²) in [6, 6.07) is 14.1. The maximum absolute atomic E-state index is 12.3. The number of fused-ring (bicyclic) bond motifs is 2. The van der Waals surface area contributed by atoms with Crippen molar-refractivity contribution in [2.75, 3.05) is 0 Å². The van der Waals surface area contributed by atoms with E-state index >= 15 is 0 Å². The Morgan fingerprint density at radius 2 is 1.09 bits per heavy atom. The summed E-state index contributed by atoms with van der Waals surface area (Å²) < 4.78 is 0. The molecule has 0 radical (unpaired) electrons. The van der Waals surface area contributed by atoms with Crippen LogP contribution in [0.3, 0.4) is 0 Å². The van der Waals surface area contributed by atoms with Gasteiger partial charge in [0.1, 0.15) is 11.2 Å². The fourth-order valence-corrected chi connectivity index (χ4v) is 5.58. The first-order valence-corrected chi connectivity index (χ1v) is 10.9. The topological polar surface area (TPSA) is 115 Å². The van der Waals surface area contributed by atoms with Gasteiger partial charge < -0.3 is 20.4 Å². The van der Waals surface area contributed by atoms with E-state index < -0.39 is 35.0 Å². The van der Waals surface area contributed by atoms with Crippen LogP contribution in [-0.4, -0.2) is 43.6 Å². The second kappa shape index (κ2) is 8.56. The molecular formula is C28H26O6. The van der Waals surface area contributed by atoms with E-state index in [2.05, 4.69) is 13.2 Å². The summed E-state index contributed by atoms with van der Waals surface area (Å²) in [6.45, 7) is 7.45. The van der Waals surface area contributed by atoms with Crippen molar-refractivity contribution in [1.82, 2.24) is 0 Å². The molecule has 0 spiro atoms. The summed E-state index contributed by atoms with van der Waals surface area (Å²) in [5.41, 5.74) is -1.99. The molecule has 4 atom stereocenters. The summed E-state index contributed by atoms with van der Waals surface area (Å²) in [5.74, 6) is -4.58. The van der Waals surface area contributed by atoms with Crippen LogP contribution in [0.25, 0.3) is 12.2 Å². The van der Waals surface area contributed by atoms with Crippen molar-refractivity contribution in [2.45, 2.75) is 35.9 Å². The zero-order chi connectivity index (χ0) is 24.7. The van der Waals surface area contributed by atoms with Crippen molar-refractivity contribution in [3.05, 3.63) is 107 Å². The lowest BCUT2D eigenvalue weighted by Crippen LogP contribution is -2.53. The van der Waals surface area contributed by atoms with Gasteiger partial charge >= 0.3 is 11.9 Å². The third kappa shape index (κ3) is 3.43. The third-order valence-electron chi connectivity index (χ3n) is 6.93. The Labute approximate surface area is 197 Å². The van der Waals surface area contributed by atoms with E-state index in [1.54, 1.807) is 48.5 Å². The maximum atomic E-state index is 12.3. The molecule has 0 aromatic heterocycles. The Morgan fingerprint density at radius 1 is 0.735 bits per heavy atom. The Hall–Kier alpha value is -3.74. The van der Waals surface area contributed by atoms with Crippen LogP contribution in [-0.2, 0) is 9.59 Å². The van der Waals surface area contributed by atoms with Crippen LogP contribution >= 0.6 is 0 Å². The van der Waals surface area contributed by atoms with Gasteiger partial charge in [0, 0.05) is 11.8 Å². The van der Waals surface area contributed by atoms with Gasteiger partial charge in [0.2, 0.25) is 0 Å². The Morgan fingerprint density at radius 3 is 1.41 bits per heavy atom. The second-order valence-corrected chi connectivity index (χ2v) is 8.77. The third-order valence-corrected chi connectivity index (χ3v) is 6.93. The van der Waals surface area contributed by atoms with E-state index in [4.69, 9.17) is 0 Å². The van der Waals surface area contributed by atoms with Gasteiger partial charge in [-0.25, -0.2) is 9.59 Å². The lowest BCUT2D eigenvalue weighted by molar-refractivity contribution is -0.138. The summed E-state index contributed by atoms with van der Waals surface area (Å²) in [6.07, 6.45) is 5.53. The van der Waals surface area contributed by atoms with Crippen LogP contribution in [0.15, 0.2) is 85.0 Å². The normalized spacial score (nSPS) is 27.5. The Kier molecular flexibility index (Phi) is 5.89. The van der Waals surface area contributed by atoms with Crippen LogP contribution in [0.2, 0.25) is 0 Å². The van der Waals surface area contributed by atoms with E-state index in [1.165, 1.54) is 24.3 Å². The lowest BCUT2D eigenvalue weighted by Gasteiger charge is -2.51. The minimum atomic E-state index is -1.96. The van der Waals surface area contributed by atoms with Gasteiger partial charge in [0.05, 0.1) is 11.1 Å². The Bertz CT molecular complexity index is 1160. The fraction of sp³-hybridized carbons (Fsp3) is 0.214. The van der Waals surface area contributed by atoms with Crippen molar-refractivity contribution in [3.63, 3.8) is 0 Å². The number of carboxylic acid groups (broad SMARTS) is 2. The van der Waals surface area contributed by atoms with Gasteiger partial charge in [-0.3, -0.25) is 0 Å². The number of carbonyl (C=O) groups is 2. The van der Waals surface area contributed by atoms with Gasteiger partial charge in [-0.15, -0.1) is 13.2 Å². The van der Waals surface area contributed by atoms with E-state index in [-0.39, 0.29) is 24.0 Å². The zero-order valence-electron chi connectivity index (χ0n) is 18.5. The van der Waals surface area contributed by atoms with Crippen LogP contribution in [0, 0.1) is 0 Å². The number of benzene rings is 2. The standard InChI is InChI=1S/C28H26O6/c1-3-13-27(33)21(25(29)30)15-17-9-5-7-11-19(17)23(27)24-20-12-8-6-10-18(20)16-22(26(31)32)28(24,34)14-4-2/h3-12,15-16,23-24,33-34H,1-2,13-14H2,(H,29,30)(H,31,32). The molecule has 0 fully saturated rings. The smallest absolute Gasteiger partial charge is 0.334 e. The molecule has 2 aliphatic rings. The molecule has 2 aromatic carbocycles. The van der Waals surface area contributed by atoms with E-state index in [0.717, 1.165) is 0 Å². The van der Waals surface area contributed by atoms with Crippen molar-refractivity contribution in [2.24, 2.45) is 0 Å². The lowest BCUT2D eigenvalue weighted by atomic mass is 9.55. The van der Waals surface area contributed by atoms with Crippen LogP contribution in [0.1, 0.15) is 46.9 Å². The maximum Gasteiger partial charge on any atom is 0.334 e. The molecule has 0 amide bonds. The second-order valence-electron chi connectivity index (χ2n) is 8.77. The molecule has 0 aliphatic heterocycles. The van der Waals surface area contributed by atoms with Gasteiger partial charge in [-0.1, -0.05) is 60.7 Å². The molecule has 4 rings (SSSR count). The van der Waals surface area contributed by atoms with Crippen molar-refractivity contribution < 1.29 is 30.0 Å². The summed E-state index contributed by atoms with van der Waals surface area (Å²) in [7, 11) is 0. The highest BCUT2D eigenvalue weighted by Crippen LogP contribution is 2.58. The van der Waals surface area contributed by atoms with Gasteiger partial charge in [0.25, 0.3) is 0 Å². The highest BCUT2D eigenvalue weighted by molar-refractivity contribution is 5.98. The molecule has 4 unspecified atom stereocenters. The summed E-state index contributed by atoms with van der Waals surface area (Å²) in [4.78, 5) is 24.7. The number of aliphatic carboxylic acids is 2. The first-order valence-electron chi connectivity index (χ1n) is 10.9. The molecule has 174 valence electrons.